The second-order valence-corrected chi connectivity index (χ2v) is 7.44. The third-order valence-electron chi connectivity index (χ3n) is 5.22. The van der Waals surface area contributed by atoms with E-state index in [-0.39, 0.29) is 23.2 Å². The lowest BCUT2D eigenvalue weighted by molar-refractivity contribution is -0.143. The zero-order chi connectivity index (χ0) is 16.7. The molecule has 6 nitrogen and oxygen atoms in total. The second-order valence-electron chi connectivity index (χ2n) is 6.49. The van der Waals surface area contributed by atoms with Crippen molar-refractivity contribution < 1.29 is 18.8 Å². The number of ether oxygens (including phenoxy) is 1. The molecule has 1 aliphatic carbocycles. The number of hydrogen-bond donors (Lipinski definition) is 0. The van der Waals surface area contributed by atoms with Gasteiger partial charge in [-0.1, -0.05) is 11.2 Å². The summed E-state index contributed by atoms with van der Waals surface area (Å²) >= 11 is 1.55. The first kappa shape index (κ1) is 15.4. The molecular weight excluding hydrogens is 328 g/mol. The Kier molecular flexibility index (Phi) is 3.68. The molecule has 1 amide bonds. The summed E-state index contributed by atoms with van der Waals surface area (Å²) in [6.07, 6.45) is 2.57. The van der Waals surface area contributed by atoms with Gasteiger partial charge in [0.15, 0.2) is 11.5 Å². The van der Waals surface area contributed by atoms with Gasteiger partial charge in [0.1, 0.15) is 0 Å². The zero-order valence-corrected chi connectivity index (χ0v) is 14.2. The van der Waals surface area contributed by atoms with Crippen LogP contribution in [0.1, 0.15) is 29.8 Å². The molecule has 2 fully saturated rings. The van der Waals surface area contributed by atoms with Crippen molar-refractivity contribution in [1.82, 2.24) is 10.1 Å². The standard InChI is InChI=1S/C17H18N2O4S/c1-22-16(21)11-10-17(11)4-6-19(7-5-17)15(20)12-9-13(23-18-12)14-3-2-8-24-14/h2-3,8-9,11H,4-7,10H2,1H3/t11-/m1/s1. The summed E-state index contributed by atoms with van der Waals surface area (Å²) in [5.74, 6) is 0.408. The summed E-state index contributed by atoms with van der Waals surface area (Å²) in [6, 6.07) is 5.57. The Hall–Kier alpha value is -2.15. The Morgan fingerprint density at radius 3 is 2.88 bits per heavy atom. The van der Waals surface area contributed by atoms with Crippen molar-refractivity contribution in [3.8, 4) is 10.6 Å². The van der Waals surface area contributed by atoms with Crippen molar-refractivity contribution in [1.29, 1.82) is 0 Å². The van der Waals surface area contributed by atoms with Crippen LogP contribution in [0.4, 0.5) is 0 Å². The Morgan fingerprint density at radius 1 is 1.42 bits per heavy atom. The van der Waals surface area contributed by atoms with E-state index < -0.39 is 0 Å². The summed E-state index contributed by atoms with van der Waals surface area (Å²) in [6.45, 7) is 1.29. The first-order valence-electron chi connectivity index (χ1n) is 8.01. The van der Waals surface area contributed by atoms with Gasteiger partial charge in [-0.2, -0.15) is 0 Å². The van der Waals surface area contributed by atoms with Gasteiger partial charge in [-0.25, -0.2) is 0 Å². The van der Waals surface area contributed by atoms with E-state index in [1.54, 1.807) is 22.3 Å². The third kappa shape index (κ3) is 2.53. The van der Waals surface area contributed by atoms with Crippen LogP contribution in [0.5, 0.6) is 0 Å². The molecule has 3 heterocycles. The fourth-order valence-corrected chi connectivity index (χ4v) is 4.28. The quantitative estimate of drug-likeness (QED) is 0.799. The molecule has 1 saturated carbocycles. The zero-order valence-electron chi connectivity index (χ0n) is 13.4. The number of carbonyl (C=O) groups is 2. The Bertz CT molecular complexity index is 759. The molecule has 2 aromatic heterocycles. The fraction of sp³-hybridized carbons (Fsp3) is 0.471. The van der Waals surface area contributed by atoms with Crippen LogP contribution in [-0.2, 0) is 9.53 Å². The van der Waals surface area contributed by atoms with Crippen LogP contribution >= 0.6 is 11.3 Å². The number of nitrogens with zero attached hydrogens (tertiary/aromatic N) is 2. The van der Waals surface area contributed by atoms with Crippen molar-refractivity contribution in [2.75, 3.05) is 20.2 Å². The first-order chi connectivity index (χ1) is 11.6. The van der Waals surface area contributed by atoms with Crippen LogP contribution in [0.25, 0.3) is 10.6 Å². The van der Waals surface area contributed by atoms with E-state index in [2.05, 4.69) is 5.16 Å². The Labute approximate surface area is 143 Å². The van der Waals surface area contributed by atoms with E-state index in [0.29, 0.717) is 24.5 Å². The maximum atomic E-state index is 12.6. The monoisotopic (exact) mass is 346 g/mol. The predicted molar refractivity (Wildman–Crippen MR) is 87.5 cm³/mol. The van der Waals surface area contributed by atoms with Gasteiger partial charge >= 0.3 is 5.97 Å². The summed E-state index contributed by atoms with van der Waals surface area (Å²) in [5, 5.41) is 5.88. The van der Waals surface area contributed by atoms with Gasteiger partial charge in [0.25, 0.3) is 5.91 Å². The molecule has 1 aliphatic heterocycles. The van der Waals surface area contributed by atoms with Crippen LogP contribution in [-0.4, -0.2) is 42.1 Å². The van der Waals surface area contributed by atoms with Gasteiger partial charge in [-0.05, 0) is 36.1 Å². The average Bonchev–Trinajstić information content (AvgIpc) is 3.05. The minimum absolute atomic E-state index is 0.0113. The minimum Gasteiger partial charge on any atom is -0.469 e. The van der Waals surface area contributed by atoms with Crippen molar-refractivity contribution >= 4 is 23.2 Å². The molecule has 1 atom stereocenters. The molecule has 1 spiro atoms. The smallest absolute Gasteiger partial charge is 0.309 e. The molecule has 24 heavy (non-hydrogen) atoms. The van der Waals surface area contributed by atoms with E-state index in [9.17, 15) is 9.59 Å². The van der Waals surface area contributed by atoms with Gasteiger partial charge < -0.3 is 14.2 Å². The SMILES string of the molecule is COC(=O)[C@H]1CC12CCN(C(=O)c1cc(-c3cccs3)on1)CC2. The van der Waals surface area contributed by atoms with Crippen LogP contribution in [0, 0.1) is 11.3 Å². The number of amides is 1. The van der Waals surface area contributed by atoms with Crippen LogP contribution < -0.4 is 0 Å². The lowest BCUT2D eigenvalue weighted by Gasteiger charge is -2.32. The molecule has 0 N–H and O–H groups in total. The van der Waals surface area contributed by atoms with Crippen LogP contribution in [0.2, 0.25) is 0 Å². The summed E-state index contributed by atoms with van der Waals surface area (Å²) in [5.41, 5.74) is 0.394. The van der Waals surface area contributed by atoms with Gasteiger partial charge in [-0.15, -0.1) is 11.3 Å². The van der Waals surface area contributed by atoms with Crippen LogP contribution in [0.3, 0.4) is 0 Å². The van der Waals surface area contributed by atoms with Gasteiger partial charge in [0, 0.05) is 19.2 Å². The topological polar surface area (TPSA) is 72.6 Å². The molecule has 7 heteroatoms. The number of carbonyl (C=O) groups excluding carboxylic acids is 2. The molecule has 2 aromatic rings. The maximum Gasteiger partial charge on any atom is 0.309 e. The number of likely N-dealkylation sites (tertiary alicyclic amines) is 1. The van der Waals surface area contributed by atoms with E-state index in [1.165, 1.54) is 7.11 Å². The van der Waals surface area contributed by atoms with E-state index >= 15 is 0 Å². The average molecular weight is 346 g/mol. The van der Waals surface area contributed by atoms with Gasteiger partial charge in [0.2, 0.25) is 0 Å². The largest absolute Gasteiger partial charge is 0.469 e. The number of hydrogen-bond acceptors (Lipinski definition) is 6. The number of methoxy groups -OCH3 is 1. The van der Waals surface area contributed by atoms with Crippen molar-refractivity contribution in [3.05, 3.63) is 29.3 Å². The minimum atomic E-state index is -0.119. The Morgan fingerprint density at radius 2 is 2.21 bits per heavy atom. The summed E-state index contributed by atoms with van der Waals surface area (Å²) < 4.78 is 10.1. The van der Waals surface area contributed by atoms with E-state index in [1.807, 2.05) is 17.5 Å². The molecular formula is C17H18N2O4S. The molecule has 1 saturated heterocycles. The van der Waals surface area contributed by atoms with Crippen molar-refractivity contribution in [3.63, 3.8) is 0 Å². The first-order valence-corrected chi connectivity index (χ1v) is 8.89. The highest BCUT2D eigenvalue weighted by Gasteiger charge is 2.59. The van der Waals surface area contributed by atoms with Crippen LogP contribution in [0.15, 0.2) is 28.1 Å². The molecule has 0 bridgehead atoms. The summed E-state index contributed by atoms with van der Waals surface area (Å²) in [7, 11) is 1.43. The number of rotatable bonds is 3. The van der Waals surface area contributed by atoms with E-state index in [0.717, 1.165) is 24.1 Å². The molecule has 126 valence electrons. The van der Waals surface area contributed by atoms with Crippen molar-refractivity contribution in [2.45, 2.75) is 19.3 Å². The highest BCUT2D eigenvalue weighted by molar-refractivity contribution is 7.13. The molecule has 2 aliphatic rings. The van der Waals surface area contributed by atoms with E-state index in [4.69, 9.17) is 9.26 Å². The number of esters is 1. The van der Waals surface area contributed by atoms with Crippen molar-refractivity contribution in [2.24, 2.45) is 11.3 Å². The molecule has 0 radical (unpaired) electrons. The van der Waals surface area contributed by atoms with Gasteiger partial charge in [-0.3, -0.25) is 9.59 Å². The van der Waals surface area contributed by atoms with Gasteiger partial charge in [0.05, 0.1) is 17.9 Å². The second kappa shape index (κ2) is 5.73. The lowest BCUT2D eigenvalue weighted by Crippen LogP contribution is -2.40. The normalized spacial score (nSPS) is 21.7. The lowest BCUT2D eigenvalue weighted by atomic mass is 9.90. The highest BCUT2D eigenvalue weighted by Crippen LogP contribution is 2.59. The molecule has 0 unspecified atom stereocenters. The maximum absolute atomic E-state index is 12.6. The molecule has 4 rings (SSSR count). The summed E-state index contributed by atoms with van der Waals surface area (Å²) in [4.78, 5) is 27.0. The fourth-order valence-electron chi connectivity index (χ4n) is 3.60. The molecule has 0 aromatic carbocycles. The predicted octanol–water partition coefficient (Wildman–Crippen LogP) is 2.82. The third-order valence-corrected chi connectivity index (χ3v) is 6.10. The Balaban J connectivity index is 1.40. The highest BCUT2D eigenvalue weighted by atomic mass is 32.1. The number of thiophene rings is 1. The number of piperidine rings is 1. The number of aromatic nitrogens is 1.